The molecule has 0 unspecified atom stereocenters. The molecule has 1 atom stereocenters. The Labute approximate surface area is 201 Å². The highest BCUT2D eigenvalue weighted by molar-refractivity contribution is 7.92. The van der Waals surface area contributed by atoms with Gasteiger partial charge in [-0.2, -0.15) is 0 Å². The van der Waals surface area contributed by atoms with Crippen molar-refractivity contribution in [1.82, 2.24) is 5.32 Å². The Morgan fingerprint density at radius 2 is 1.56 bits per heavy atom. The molecule has 34 heavy (non-hydrogen) atoms. The Kier molecular flexibility index (Phi) is 8.54. The van der Waals surface area contributed by atoms with Crippen LogP contribution in [0.5, 0.6) is 11.5 Å². The lowest BCUT2D eigenvalue weighted by atomic mass is 10.1. The molecule has 0 saturated carbocycles. The number of rotatable bonds is 11. The number of carbonyl (C=O) groups excluding carboxylic acids is 1. The number of hydrogen-bond acceptors (Lipinski definition) is 5. The van der Waals surface area contributed by atoms with Crippen LogP contribution in [0.25, 0.3) is 0 Å². The summed E-state index contributed by atoms with van der Waals surface area (Å²) in [7, 11) is -1.09. The number of amides is 1. The van der Waals surface area contributed by atoms with E-state index in [2.05, 4.69) is 5.32 Å². The number of methoxy groups -OCH3 is 2. The highest BCUT2D eigenvalue weighted by Crippen LogP contribution is 2.32. The van der Waals surface area contributed by atoms with Crippen molar-refractivity contribution in [2.75, 3.05) is 25.1 Å². The highest BCUT2D eigenvalue weighted by atomic mass is 32.2. The number of hydrogen-bond donors (Lipinski definition) is 1. The maximum atomic E-state index is 13.6. The minimum absolute atomic E-state index is 0.0455. The highest BCUT2D eigenvalue weighted by Gasteiger charge is 2.29. The fraction of sp³-hybridized carbons (Fsp3) is 0.269. The molecule has 0 aliphatic carbocycles. The summed E-state index contributed by atoms with van der Waals surface area (Å²) < 4.78 is 38.8. The van der Waals surface area contributed by atoms with Gasteiger partial charge in [0.25, 0.3) is 10.0 Å². The van der Waals surface area contributed by atoms with E-state index in [9.17, 15) is 13.2 Å². The number of sulfonamides is 1. The van der Waals surface area contributed by atoms with Gasteiger partial charge in [-0.15, -0.1) is 0 Å². The molecule has 8 heteroatoms. The molecule has 0 saturated heterocycles. The molecule has 3 rings (SSSR count). The minimum Gasteiger partial charge on any atom is -0.497 e. The second-order valence-electron chi connectivity index (χ2n) is 7.85. The fourth-order valence-electron chi connectivity index (χ4n) is 3.56. The van der Waals surface area contributed by atoms with E-state index in [1.54, 1.807) is 36.4 Å². The lowest BCUT2D eigenvalue weighted by Crippen LogP contribution is -2.43. The number of para-hydroxylation sites is 2. The van der Waals surface area contributed by atoms with Gasteiger partial charge in [0.2, 0.25) is 5.91 Å². The van der Waals surface area contributed by atoms with Crippen molar-refractivity contribution >= 4 is 21.6 Å². The molecule has 0 bridgehead atoms. The second-order valence-corrected chi connectivity index (χ2v) is 9.71. The minimum atomic E-state index is -4.06. The SMILES string of the molecule is COc1ccc(S(=O)(=O)N(CC(=O)N[C@@H](C)CCc2ccccc2)c2ccccc2OC)cc1. The van der Waals surface area contributed by atoms with Gasteiger partial charge in [0.1, 0.15) is 18.0 Å². The first-order valence-corrected chi connectivity index (χ1v) is 12.4. The van der Waals surface area contributed by atoms with E-state index in [4.69, 9.17) is 9.47 Å². The van der Waals surface area contributed by atoms with Crippen LogP contribution in [0.15, 0.2) is 83.8 Å². The third-order valence-corrected chi connectivity index (χ3v) is 7.18. The van der Waals surface area contributed by atoms with Gasteiger partial charge in [0.15, 0.2) is 0 Å². The fourth-order valence-corrected chi connectivity index (χ4v) is 4.99. The predicted octanol–water partition coefficient (Wildman–Crippen LogP) is 4.04. The molecule has 0 spiro atoms. The molecule has 0 aromatic heterocycles. The molecular formula is C26H30N2O5S. The van der Waals surface area contributed by atoms with Gasteiger partial charge in [-0.05, 0) is 61.7 Å². The average molecular weight is 483 g/mol. The van der Waals surface area contributed by atoms with E-state index in [0.29, 0.717) is 11.5 Å². The maximum Gasteiger partial charge on any atom is 0.264 e. The molecule has 0 radical (unpaired) electrons. The zero-order valence-electron chi connectivity index (χ0n) is 19.6. The van der Waals surface area contributed by atoms with Gasteiger partial charge in [-0.1, -0.05) is 42.5 Å². The first kappa shape index (κ1) is 25.1. The first-order chi connectivity index (χ1) is 16.3. The van der Waals surface area contributed by atoms with Crippen LogP contribution in [0.2, 0.25) is 0 Å². The van der Waals surface area contributed by atoms with Crippen molar-refractivity contribution in [1.29, 1.82) is 0 Å². The normalized spacial score (nSPS) is 12.0. The number of ether oxygens (including phenoxy) is 2. The number of benzene rings is 3. The Morgan fingerprint density at radius 1 is 0.912 bits per heavy atom. The molecule has 0 aliphatic heterocycles. The van der Waals surface area contributed by atoms with E-state index < -0.39 is 15.9 Å². The summed E-state index contributed by atoms with van der Waals surface area (Å²) in [5, 5.41) is 2.92. The molecular weight excluding hydrogens is 452 g/mol. The average Bonchev–Trinajstić information content (AvgIpc) is 2.86. The predicted molar refractivity (Wildman–Crippen MR) is 133 cm³/mol. The summed E-state index contributed by atoms with van der Waals surface area (Å²) in [6.07, 6.45) is 1.54. The summed E-state index contributed by atoms with van der Waals surface area (Å²) in [6.45, 7) is 1.52. The topological polar surface area (TPSA) is 84.9 Å². The van der Waals surface area contributed by atoms with Crippen molar-refractivity contribution < 1.29 is 22.7 Å². The van der Waals surface area contributed by atoms with Crippen LogP contribution in [-0.2, 0) is 21.2 Å². The van der Waals surface area contributed by atoms with Gasteiger partial charge in [-0.25, -0.2) is 8.42 Å². The lowest BCUT2D eigenvalue weighted by molar-refractivity contribution is -0.120. The Hall–Kier alpha value is -3.52. The molecule has 3 aromatic carbocycles. The number of nitrogens with zero attached hydrogens (tertiary/aromatic N) is 1. The van der Waals surface area contributed by atoms with Crippen LogP contribution < -0.4 is 19.1 Å². The van der Waals surface area contributed by atoms with E-state index in [1.165, 1.54) is 31.9 Å². The van der Waals surface area contributed by atoms with E-state index in [0.717, 1.165) is 17.1 Å². The number of anilines is 1. The van der Waals surface area contributed by atoms with Crippen molar-refractivity contribution in [2.45, 2.75) is 30.7 Å². The molecule has 0 aliphatic rings. The van der Waals surface area contributed by atoms with Crippen LogP contribution in [0.1, 0.15) is 18.9 Å². The van der Waals surface area contributed by atoms with E-state index in [1.807, 2.05) is 37.3 Å². The van der Waals surface area contributed by atoms with Gasteiger partial charge in [-0.3, -0.25) is 9.10 Å². The standard InChI is InChI=1S/C26H30N2O5S/c1-20(13-14-21-9-5-4-6-10-21)27-26(29)19-28(24-11-7-8-12-25(24)33-3)34(30,31)23-17-15-22(32-2)16-18-23/h4-12,15-18,20H,13-14,19H2,1-3H3,(H,27,29)/t20-/m0/s1. The van der Waals surface area contributed by atoms with Gasteiger partial charge in [0.05, 0.1) is 24.8 Å². The number of carbonyl (C=O) groups is 1. The molecule has 0 heterocycles. The molecule has 1 N–H and O–H groups in total. The lowest BCUT2D eigenvalue weighted by Gasteiger charge is -2.26. The summed E-state index contributed by atoms with van der Waals surface area (Å²) in [4.78, 5) is 13.0. The zero-order chi connectivity index (χ0) is 24.6. The third-order valence-electron chi connectivity index (χ3n) is 5.40. The van der Waals surface area contributed by atoms with Crippen molar-refractivity contribution in [3.8, 4) is 11.5 Å². The zero-order valence-corrected chi connectivity index (χ0v) is 20.4. The Bertz CT molecular complexity index is 1180. The largest absolute Gasteiger partial charge is 0.497 e. The van der Waals surface area contributed by atoms with Crippen LogP contribution in [0, 0.1) is 0 Å². The van der Waals surface area contributed by atoms with Crippen molar-refractivity contribution in [3.05, 3.63) is 84.4 Å². The number of aryl methyl sites for hydroxylation is 1. The number of nitrogens with one attached hydrogen (secondary N) is 1. The quantitative estimate of drug-likeness (QED) is 0.446. The van der Waals surface area contributed by atoms with Gasteiger partial charge in [0, 0.05) is 6.04 Å². The smallest absolute Gasteiger partial charge is 0.264 e. The molecule has 1 amide bonds. The van der Waals surface area contributed by atoms with Gasteiger partial charge >= 0.3 is 0 Å². The molecule has 180 valence electrons. The summed E-state index contributed by atoms with van der Waals surface area (Å²) in [5.41, 5.74) is 1.47. The van der Waals surface area contributed by atoms with Crippen LogP contribution in [0.3, 0.4) is 0 Å². The first-order valence-electron chi connectivity index (χ1n) is 11.0. The maximum absolute atomic E-state index is 13.6. The molecule has 3 aromatic rings. The van der Waals surface area contributed by atoms with Crippen LogP contribution in [-0.4, -0.2) is 41.1 Å². The van der Waals surface area contributed by atoms with E-state index in [-0.39, 0.29) is 23.2 Å². The van der Waals surface area contributed by atoms with Crippen molar-refractivity contribution in [3.63, 3.8) is 0 Å². The second kappa shape index (κ2) is 11.6. The van der Waals surface area contributed by atoms with Crippen LogP contribution >= 0.6 is 0 Å². The van der Waals surface area contributed by atoms with Crippen molar-refractivity contribution in [2.24, 2.45) is 0 Å². The summed E-state index contributed by atoms with van der Waals surface area (Å²) >= 11 is 0. The summed E-state index contributed by atoms with van der Waals surface area (Å²) in [6, 6.07) is 22.6. The van der Waals surface area contributed by atoms with Gasteiger partial charge < -0.3 is 14.8 Å². The monoisotopic (exact) mass is 482 g/mol. The molecule has 7 nitrogen and oxygen atoms in total. The Morgan fingerprint density at radius 3 is 2.21 bits per heavy atom. The third kappa shape index (κ3) is 6.29. The summed E-state index contributed by atoms with van der Waals surface area (Å²) in [5.74, 6) is 0.487. The van der Waals surface area contributed by atoms with Crippen LogP contribution in [0.4, 0.5) is 5.69 Å². The van der Waals surface area contributed by atoms with E-state index >= 15 is 0 Å². The Balaban J connectivity index is 1.81. The molecule has 0 fully saturated rings.